The molecule has 1 aliphatic heterocycles. The summed E-state index contributed by atoms with van der Waals surface area (Å²) >= 11 is 0. The fourth-order valence-corrected chi connectivity index (χ4v) is 7.56. The molecule has 0 unspecified atom stereocenters. The van der Waals surface area contributed by atoms with Crippen molar-refractivity contribution in [1.82, 2.24) is 31.2 Å². The number of carboxylic acids is 1. The number of aliphatic carboxylic acids is 1. The number of phenolic OH excluding ortho intramolecular Hbond substituents is 1. The third kappa shape index (κ3) is 11.5. The number of nitrogens with zero attached hydrogens (tertiary/aromatic N) is 1. The van der Waals surface area contributed by atoms with Crippen LogP contribution < -0.4 is 27.0 Å². The average Bonchev–Trinajstić information content (AvgIpc) is 3.56. The molecule has 60 heavy (non-hydrogen) atoms. The van der Waals surface area contributed by atoms with E-state index in [4.69, 9.17) is 5.73 Å². The molecule has 320 valence electrons. The van der Waals surface area contributed by atoms with Gasteiger partial charge >= 0.3 is 5.97 Å². The van der Waals surface area contributed by atoms with Crippen molar-refractivity contribution in [3.63, 3.8) is 0 Å². The molecule has 1 aliphatic rings. The zero-order chi connectivity index (χ0) is 43.5. The number of nitrogens with one attached hydrogen (secondary N) is 5. The summed E-state index contributed by atoms with van der Waals surface area (Å²) in [6.07, 6.45) is 1.15. The van der Waals surface area contributed by atoms with Gasteiger partial charge in [-0.2, -0.15) is 0 Å². The summed E-state index contributed by atoms with van der Waals surface area (Å²) in [6, 6.07) is 18.2. The molecule has 0 saturated carbocycles. The molecule has 5 amide bonds. The van der Waals surface area contributed by atoms with E-state index in [-0.39, 0.29) is 44.0 Å². The van der Waals surface area contributed by atoms with Gasteiger partial charge in [0, 0.05) is 36.0 Å². The monoisotopic (exact) mass is 823 g/mol. The van der Waals surface area contributed by atoms with Crippen LogP contribution in [0.2, 0.25) is 0 Å². The minimum Gasteiger partial charge on any atom is -0.508 e. The highest BCUT2D eigenvalue weighted by Crippen LogP contribution is 2.28. The van der Waals surface area contributed by atoms with Crippen LogP contribution in [0.15, 0.2) is 78.9 Å². The second-order valence-corrected chi connectivity index (χ2v) is 16.0. The first kappa shape index (κ1) is 44.9. The maximum Gasteiger partial charge on any atom is 0.326 e. The highest BCUT2D eigenvalue weighted by molar-refractivity contribution is 5.96. The molecular formula is C45H57N7O8. The second-order valence-electron chi connectivity index (χ2n) is 16.0. The number of aromatic hydroxyl groups is 1. The highest BCUT2D eigenvalue weighted by Gasteiger charge is 2.36. The first-order chi connectivity index (χ1) is 28.7. The molecule has 9 N–H and O–H groups in total. The van der Waals surface area contributed by atoms with E-state index in [1.165, 1.54) is 17.0 Å². The van der Waals surface area contributed by atoms with Gasteiger partial charge in [-0.3, -0.25) is 24.0 Å². The van der Waals surface area contributed by atoms with Crippen LogP contribution in [0.3, 0.4) is 0 Å². The normalized spacial score (nSPS) is 16.7. The zero-order valence-corrected chi connectivity index (χ0v) is 34.6. The van der Waals surface area contributed by atoms with Crippen LogP contribution in [-0.4, -0.2) is 92.9 Å². The van der Waals surface area contributed by atoms with Crippen molar-refractivity contribution in [2.24, 2.45) is 23.5 Å². The lowest BCUT2D eigenvalue weighted by Gasteiger charge is -2.32. The summed E-state index contributed by atoms with van der Waals surface area (Å²) in [6.45, 7) is 6.95. The molecular weight excluding hydrogens is 767 g/mol. The Labute approximate surface area is 349 Å². The van der Waals surface area contributed by atoms with Crippen molar-refractivity contribution in [3.8, 4) is 5.75 Å². The number of nitrogens with two attached hydrogens (primary N) is 1. The molecule has 6 atom stereocenters. The zero-order valence-electron chi connectivity index (χ0n) is 34.6. The molecule has 0 saturated heterocycles. The van der Waals surface area contributed by atoms with Crippen molar-refractivity contribution in [3.05, 3.63) is 101 Å². The number of amides is 5. The van der Waals surface area contributed by atoms with E-state index >= 15 is 0 Å². The number of carbonyl (C=O) groups excluding carboxylic acids is 5. The number of aromatic nitrogens is 1. The number of hydrogen-bond acceptors (Lipinski definition) is 8. The Morgan fingerprint density at radius 1 is 0.833 bits per heavy atom. The lowest BCUT2D eigenvalue weighted by Crippen LogP contribution is -2.60. The second kappa shape index (κ2) is 20.7. The largest absolute Gasteiger partial charge is 0.508 e. The number of aromatic amines is 1. The van der Waals surface area contributed by atoms with Crippen molar-refractivity contribution in [2.45, 2.75) is 90.5 Å². The molecule has 1 aromatic heterocycles. The molecule has 2 heterocycles. The Balaban J connectivity index is 1.39. The fraction of sp³-hybridized carbons (Fsp3) is 0.422. The van der Waals surface area contributed by atoms with Gasteiger partial charge in [-0.15, -0.1) is 0 Å². The van der Waals surface area contributed by atoms with E-state index < -0.39 is 78.1 Å². The van der Waals surface area contributed by atoms with Crippen LogP contribution in [0.5, 0.6) is 5.75 Å². The predicted molar refractivity (Wildman–Crippen MR) is 226 cm³/mol. The fourth-order valence-electron chi connectivity index (χ4n) is 7.56. The van der Waals surface area contributed by atoms with E-state index in [2.05, 4.69) is 26.3 Å². The minimum atomic E-state index is -1.25. The van der Waals surface area contributed by atoms with Gasteiger partial charge in [-0.1, -0.05) is 94.8 Å². The Morgan fingerprint density at radius 2 is 1.48 bits per heavy atom. The van der Waals surface area contributed by atoms with Crippen molar-refractivity contribution >= 4 is 46.4 Å². The number of rotatable bonds is 18. The molecule has 0 spiro atoms. The predicted octanol–water partition coefficient (Wildman–Crippen LogP) is 2.93. The number of fused-ring (bicyclic) bond motifs is 3. The number of aryl methyl sites for hydroxylation is 1. The number of para-hydroxylation sites is 1. The number of carbonyl (C=O) groups is 6. The number of phenols is 1. The van der Waals surface area contributed by atoms with Crippen LogP contribution in [0, 0.1) is 17.8 Å². The molecule has 15 heteroatoms. The average molecular weight is 824 g/mol. The first-order valence-corrected chi connectivity index (χ1v) is 20.5. The van der Waals surface area contributed by atoms with Crippen LogP contribution >= 0.6 is 0 Å². The summed E-state index contributed by atoms with van der Waals surface area (Å²) < 4.78 is 0. The van der Waals surface area contributed by atoms with Crippen LogP contribution in [0.1, 0.15) is 62.9 Å². The van der Waals surface area contributed by atoms with Crippen molar-refractivity contribution in [1.29, 1.82) is 0 Å². The Hall–Kier alpha value is -6.22. The van der Waals surface area contributed by atoms with E-state index in [0.717, 1.165) is 22.2 Å². The van der Waals surface area contributed by atoms with E-state index in [1.807, 2.05) is 45.0 Å². The number of hydrogen-bond donors (Lipinski definition) is 8. The first-order valence-electron chi connectivity index (χ1n) is 20.5. The Bertz CT molecular complexity index is 2140. The van der Waals surface area contributed by atoms with Crippen LogP contribution in [0.4, 0.5) is 0 Å². The lowest BCUT2D eigenvalue weighted by atomic mass is 9.93. The number of benzene rings is 3. The Kier molecular flexibility index (Phi) is 15.4. The van der Waals surface area contributed by atoms with E-state index in [0.29, 0.717) is 24.0 Å². The maximum absolute atomic E-state index is 14.4. The van der Waals surface area contributed by atoms with Gasteiger partial charge in [-0.05, 0) is 59.6 Å². The van der Waals surface area contributed by atoms with Gasteiger partial charge in [0.15, 0.2) is 0 Å². The lowest BCUT2D eigenvalue weighted by molar-refractivity contribution is -0.144. The van der Waals surface area contributed by atoms with Gasteiger partial charge in [0.1, 0.15) is 36.5 Å². The summed E-state index contributed by atoms with van der Waals surface area (Å²) in [4.78, 5) is 86.7. The molecule has 0 radical (unpaired) electrons. The van der Waals surface area contributed by atoms with Gasteiger partial charge in [0.05, 0.1) is 12.5 Å². The maximum atomic E-state index is 14.4. The standard InChI is InChI=1S/C45H57N7O8/c1-5-27(4)40(51-42(56)36(21-29-15-17-30(53)18-16-29)50-41(55)33(23-46)26(2)3)43(57)49-35-20-19-32-31-13-9-10-14-34(31)47-38(32)24-52(44(35)58)25-39(54)48-37(45(59)60)22-28-11-7-6-8-12-28/h6-18,26-27,33,35-37,40,47,53H,5,19-25,46H2,1-4H3,(H,48,54)(H,49,57)(H,50,55)(H,51,56)(H,59,60)/t27-,33-,35-,36-,37-,40-/m0/s1. The summed E-state index contributed by atoms with van der Waals surface area (Å²) in [5.74, 6) is -5.15. The quantitative estimate of drug-likeness (QED) is 0.0736. The molecule has 5 rings (SSSR count). The third-order valence-electron chi connectivity index (χ3n) is 11.3. The number of carboxylic acid groups (broad SMARTS) is 1. The van der Waals surface area contributed by atoms with Crippen LogP contribution in [0.25, 0.3) is 10.9 Å². The smallest absolute Gasteiger partial charge is 0.326 e. The molecule has 0 bridgehead atoms. The van der Waals surface area contributed by atoms with E-state index in [1.54, 1.807) is 49.4 Å². The van der Waals surface area contributed by atoms with Crippen LogP contribution in [-0.2, 0) is 54.6 Å². The molecule has 3 aromatic carbocycles. The van der Waals surface area contributed by atoms with Gasteiger partial charge in [0.25, 0.3) is 0 Å². The molecule has 0 fully saturated rings. The summed E-state index contributed by atoms with van der Waals surface area (Å²) in [5.41, 5.74) is 9.78. The topological polar surface area (TPSA) is 236 Å². The minimum absolute atomic E-state index is 0.0105. The SMILES string of the molecule is CC[C@H](C)[C@H](NC(=O)[C@H](Cc1ccc(O)cc1)NC(=O)[C@@H](CN)C(C)C)C(=O)N[C@H]1CCc2c([nH]c3ccccc23)CN(CC(=O)N[C@@H](Cc2ccccc2)C(=O)O)C1=O. The third-order valence-corrected chi connectivity index (χ3v) is 11.3. The van der Waals surface area contributed by atoms with Crippen molar-refractivity contribution in [2.75, 3.05) is 13.1 Å². The van der Waals surface area contributed by atoms with E-state index in [9.17, 15) is 39.0 Å². The Morgan fingerprint density at radius 3 is 2.13 bits per heavy atom. The number of H-pyrrole nitrogens is 1. The molecule has 0 aliphatic carbocycles. The van der Waals surface area contributed by atoms with Gasteiger partial charge in [-0.25, -0.2) is 4.79 Å². The molecule has 4 aromatic rings. The summed E-state index contributed by atoms with van der Waals surface area (Å²) in [7, 11) is 0. The summed E-state index contributed by atoms with van der Waals surface area (Å²) in [5, 5.41) is 31.9. The molecule has 15 nitrogen and oxygen atoms in total. The highest BCUT2D eigenvalue weighted by atomic mass is 16.4. The van der Waals surface area contributed by atoms with Crippen molar-refractivity contribution < 1.29 is 39.0 Å². The van der Waals surface area contributed by atoms with Gasteiger partial charge in [0.2, 0.25) is 29.5 Å². The van der Waals surface area contributed by atoms with Gasteiger partial charge < -0.3 is 47.1 Å².